The Morgan fingerprint density at radius 3 is 2.81 bits per heavy atom. The smallest absolute Gasteiger partial charge is 0.331 e. The molecule has 31 heavy (non-hydrogen) atoms. The van der Waals surface area contributed by atoms with E-state index < -0.39 is 5.97 Å². The maximum atomic E-state index is 12.2. The lowest BCUT2D eigenvalue weighted by atomic mass is 10.2. The molecule has 1 fully saturated rings. The second kappa shape index (κ2) is 10.5. The van der Waals surface area contributed by atoms with Crippen LogP contribution in [-0.2, 0) is 25.6 Å². The summed E-state index contributed by atoms with van der Waals surface area (Å²) in [6.45, 7) is 5.14. The highest BCUT2D eigenvalue weighted by Crippen LogP contribution is 2.26. The first-order chi connectivity index (χ1) is 14.7. The molecule has 1 aliphatic rings. The fourth-order valence-corrected chi connectivity index (χ4v) is 3.91. The van der Waals surface area contributed by atoms with E-state index in [4.69, 9.17) is 44.3 Å². The minimum absolute atomic E-state index is 0.0299. The third-order valence-electron chi connectivity index (χ3n) is 4.76. The molecule has 3 rings (SSSR count). The van der Waals surface area contributed by atoms with Gasteiger partial charge in [0.2, 0.25) is 0 Å². The van der Waals surface area contributed by atoms with E-state index in [1.165, 1.54) is 12.2 Å². The fraction of sp³-hybridized carbons (Fsp3) is 0.381. The summed E-state index contributed by atoms with van der Waals surface area (Å²) in [6, 6.07) is 5.19. The van der Waals surface area contributed by atoms with Crippen LogP contribution >= 0.6 is 34.8 Å². The molecule has 1 aromatic heterocycles. The average molecular weight is 487 g/mol. The number of halogens is 3. The van der Waals surface area contributed by atoms with Crippen molar-refractivity contribution in [1.82, 2.24) is 14.7 Å². The van der Waals surface area contributed by atoms with Gasteiger partial charge in [0.15, 0.2) is 6.61 Å². The van der Waals surface area contributed by atoms with E-state index in [0.29, 0.717) is 52.7 Å². The predicted octanol–water partition coefficient (Wildman–Crippen LogP) is 4.00. The van der Waals surface area contributed by atoms with Crippen molar-refractivity contribution in [3.63, 3.8) is 0 Å². The summed E-state index contributed by atoms with van der Waals surface area (Å²) >= 11 is 18.6. The van der Waals surface area contributed by atoms with E-state index in [2.05, 4.69) is 5.10 Å². The lowest BCUT2D eigenvalue weighted by Gasteiger charge is -2.30. The van der Waals surface area contributed by atoms with Crippen LogP contribution in [0, 0.1) is 6.92 Å². The zero-order valence-corrected chi connectivity index (χ0v) is 19.4. The van der Waals surface area contributed by atoms with Crippen LogP contribution in [0.2, 0.25) is 15.2 Å². The number of aryl methyl sites for hydroxylation is 1. The number of ether oxygens (including phenoxy) is 2. The molecule has 2 aromatic rings. The van der Waals surface area contributed by atoms with Gasteiger partial charge in [0, 0.05) is 34.8 Å². The first kappa shape index (κ1) is 23.6. The number of hydrogen-bond acceptors (Lipinski definition) is 5. The number of benzene rings is 1. The summed E-state index contributed by atoms with van der Waals surface area (Å²) in [4.78, 5) is 25.9. The minimum atomic E-state index is -0.640. The SMILES string of the molecule is Cc1nn(Cc2ccc(Cl)cc2Cl)c(Cl)c1/C=C/C(=O)OCC(=O)N1CCOC(C)C1. The zero-order chi connectivity index (χ0) is 22.5. The largest absolute Gasteiger partial charge is 0.452 e. The molecular weight excluding hydrogens is 465 g/mol. The molecule has 1 saturated heterocycles. The van der Waals surface area contributed by atoms with Crippen LogP contribution in [0.3, 0.4) is 0 Å². The molecule has 1 amide bonds. The van der Waals surface area contributed by atoms with Crippen molar-refractivity contribution in [3.8, 4) is 0 Å². The average Bonchev–Trinajstić information content (AvgIpc) is 2.99. The van der Waals surface area contributed by atoms with E-state index in [0.717, 1.165) is 5.56 Å². The zero-order valence-electron chi connectivity index (χ0n) is 17.1. The maximum Gasteiger partial charge on any atom is 0.331 e. The number of carbonyl (C=O) groups excluding carboxylic acids is 2. The monoisotopic (exact) mass is 485 g/mol. The van der Waals surface area contributed by atoms with E-state index >= 15 is 0 Å². The Kier molecular flexibility index (Phi) is 8.00. The van der Waals surface area contributed by atoms with Gasteiger partial charge in [-0.1, -0.05) is 40.9 Å². The van der Waals surface area contributed by atoms with E-state index in [1.54, 1.807) is 34.7 Å². The molecule has 0 radical (unpaired) electrons. The first-order valence-corrected chi connectivity index (χ1v) is 10.8. The molecule has 166 valence electrons. The Morgan fingerprint density at radius 1 is 1.32 bits per heavy atom. The number of aromatic nitrogens is 2. The number of nitrogens with zero attached hydrogens (tertiary/aromatic N) is 3. The molecule has 1 aromatic carbocycles. The normalized spacial score (nSPS) is 16.7. The van der Waals surface area contributed by atoms with Crippen LogP contribution in [0.15, 0.2) is 24.3 Å². The minimum Gasteiger partial charge on any atom is -0.452 e. The Hall–Kier alpha value is -2.06. The molecule has 1 atom stereocenters. The Balaban J connectivity index is 1.60. The molecule has 1 unspecified atom stereocenters. The lowest BCUT2D eigenvalue weighted by molar-refractivity contribution is -0.151. The molecule has 10 heteroatoms. The van der Waals surface area contributed by atoms with Gasteiger partial charge in [-0.15, -0.1) is 0 Å². The molecule has 1 aliphatic heterocycles. The highest BCUT2D eigenvalue weighted by molar-refractivity contribution is 6.35. The summed E-state index contributed by atoms with van der Waals surface area (Å²) in [7, 11) is 0. The molecule has 0 bridgehead atoms. The number of rotatable bonds is 6. The number of morpholine rings is 1. The number of carbonyl (C=O) groups is 2. The van der Waals surface area contributed by atoms with Gasteiger partial charge in [0.1, 0.15) is 5.15 Å². The van der Waals surface area contributed by atoms with Crippen LogP contribution in [0.5, 0.6) is 0 Å². The lowest BCUT2D eigenvalue weighted by Crippen LogP contribution is -2.46. The van der Waals surface area contributed by atoms with E-state index in [9.17, 15) is 9.59 Å². The van der Waals surface area contributed by atoms with Crippen LogP contribution < -0.4 is 0 Å². The highest BCUT2D eigenvalue weighted by Gasteiger charge is 2.22. The van der Waals surface area contributed by atoms with Crippen LogP contribution in [-0.4, -0.2) is 59.0 Å². The molecule has 0 spiro atoms. The summed E-state index contributed by atoms with van der Waals surface area (Å²) in [6.07, 6.45) is 2.72. The van der Waals surface area contributed by atoms with Gasteiger partial charge in [0.25, 0.3) is 5.91 Å². The Bertz CT molecular complexity index is 1010. The van der Waals surface area contributed by atoms with Crippen molar-refractivity contribution in [2.45, 2.75) is 26.5 Å². The van der Waals surface area contributed by atoms with Gasteiger partial charge in [-0.05, 0) is 37.6 Å². The molecule has 0 aliphatic carbocycles. The maximum absolute atomic E-state index is 12.2. The number of esters is 1. The summed E-state index contributed by atoms with van der Waals surface area (Å²) in [5.41, 5.74) is 2.02. The molecule has 7 nitrogen and oxygen atoms in total. The summed E-state index contributed by atoms with van der Waals surface area (Å²) in [5.74, 6) is -0.891. The molecule has 0 N–H and O–H groups in total. The van der Waals surface area contributed by atoms with Crippen molar-refractivity contribution >= 4 is 52.8 Å². The Morgan fingerprint density at radius 2 is 2.10 bits per heavy atom. The van der Waals surface area contributed by atoms with Gasteiger partial charge in [-0.3, -0.25) is 4.79 Å². The topological polar surface area (TPSA) is 73.7 Å². The van der Waals surface area contributed by atoms with Crippen LogP contribution in [0.4, 0.5) is 0 Å². The third-order valence-corrected chi connectivity index (χ3v) is 5.75. The van der Waals surface area contributed by atoms with Crippen molar-refractivity contribution in [2.75, 3.05) is 26.3 Å². The van der Waals surface area contributed by atoms with Crippen LogP contribution in [0.1, 0.15) is 23.7 Å². The van der Waals surface area contributed by atoms with E-state index in [1.807, 2.05) is 6.92 Å². The van der Waals surface area contributed by atoms with Crippen molar-refractivity contribution in [1.29, 1.82) is 0 Å². The van der Waals surface area contributed by atoms with Gasteiger partial charge < -0.3 is 14.4 Å². The second-order valence-corrected chi connectivity index (χ2v) is 8.35. The second-order valence-electron chi connectivity index (χ2n) is 7.15. The van der Waals surface area contributed by atoms with Crippen molar-refractivity contribution < 1.29 is 19.1 Å². The first-order valence-electron chi connectivity index (χ1n) is 9.65. The highest BCUT2D eigenvalue weighted by atomic mass is 35.5. The molecular formula is C21H22Cl3N3O4. The van der Waals surface area contributed by atoms with Crippen LogP contribution in [0.25, 0.3) is 6.08 Å². The van der Waals surface area contributed by atoms with E-state index in [-0.39, 0.29) is 18.6 Å². The quantitative estimate of drug-likeness (QED) is 0.456. The summed E-state index contributed by atoms with van der Waals surface area (Å²) < 4.78 is 12.0. The summed E-state index contributed by atoms with van der Waals surface area (Å²) in [5, 5.41) is 5.81. The van der Waals surface area contributed by atoms with Gasteiger partial charge in [0.05, 0.1) is 24.9 Å². The molecule has 2 heterocycles. The van der Waals surface area contributed by atoms with Crippen molar-refractivity contribution in [2.24, 2.45) is 0 Å². The van der Waals surface area contributed by atoms with Gasteiger partial charge in [-0.25, -0.2) is 9.48 Å². The standard InChI is InChI=1S/C21H22Cl3N3O4/c1-13-10-26(7-8-30-13)19(28)12-31-20(29)6-5-17-14(2)25-27(21(17)24)11-15-3-4-16(22)9-18(15)23/h3-6,9,13H,7-8,10-12H2,1-2H3/b6-5+. The van der Waals surface area contributed by atoms with Gasteiger partial charge >= 0.3 is 5.97 Å². The van der Waals surface area contributed by atoms with Gasteiger partial charge in [-0.2, -0.15) is 5.10 Å². The fourth-order valence-electron chi connectivity index (χ4n) is 3.14. The predicted molar refractivity (Wildman–Crippen MR) is 120 cm³/mol. The number of amides is 1. The van der Waals surface area contributed by atoms with Crippen molar-refractivity contribution in [3.05, 3.63) is 56.3 Å². The molecule has 0 saturated carbocycles. The Labute approximate surface area is 195 Å². The number of hydrogen-bond donors (Lipinski definition) is 0. The third kappa shape index (κ3) is 6.23.